The van der Waals surface area contributed by atoms with E-state index in [2.05, 4.69) is 15.3 Å². The standard InChI is InChI=1S/C18H20N4OS3/c1-11-10-24-18(19-11)26-17-15-12-3-2-4-13(12)25-16(15)20-14(21-17)9-22-5-7-23-8-6-22/h10H,2-9H2,1H3. The van der Waals surface area contributed by atoms with Crippen molar-refractivity contribution in [2.24, 2.45) is 0 Å². The van der Waals surface area contributed by atoms with Crippen LogP contribution in [0, 0.1) is 6.92 Å². The van der Waals surface area contributed by atoms with Crippen molar-refractivity contribution < 1.29 is 4.74 Å². The van der Waals surface area contributed by atoms with Gasteiger partial charge in [-0.3, -0.25) is 4.90 Å². The fraction of sp³-hybridized carbons (Fsp3) is 0.500. The monoisotopic (exact) mass is 404 g/mol. The van der Waals surface area contributed by atoms with Gasteiger partial charge in [0.05, 0.1) is 19.8 Å². The van der Waals surface area contributed by atoms with Crippen LogP contribution in [0.4, 0.5) is 0 Å². The van der Waals surface area contributed by atoms with Crippen molar-refractivity contribution in [3.63, 3.8) is 0 Å². The number of rotatable bonds is 4. The first-order chi connectivity index (χ1) is 12.8. The molecule has 4 heterocycles. The van der Waals surface area contributed by atoms with Crippen molar-refractivity contribution in [1.29, 1.82) is 0 Å². The van der Waals surface area contributed by atoms with Crippen LogP contribution in [-0.2, 0) is 24.1 Å². The molecule has 0 bridgehead atoms. The zero-order valence-electron chi connectivity index (χ0n) is 14.7. The third kappa shape index (κ3) is 3.29. The molecule has 0 aromatic carbocycles. The molecule has 1 fully saturated rings. The maximum absolute atomic E-state index is 5.46. The number of aromatic nitrogens is 3. The van der Waals surface area contributed by atoms with Crippen LogP contribution in [0.2, 0.25) is 0 Å². The largest absolute Gasteiger partial charge is 0.379 e. The summed E-state index contributed by atoms with van der Waals surface area (Å²) in [5, 5.41) is 4.48. The third-order valence-electron chi connectivity index (χ3n) is 4.83. The number of thiophene rings is 1. The Labute approximate surface area is 164 Å². The van der Waals surface area contributed by atoms with Gasteiger partial charge < -0.3 is 4.74 Å². The van der Waals surface area contributed by atoms with Crippen molar-refractivity contribution >= 4 is 44.7 Å². The van der Waals surface area contributed by atoms with Gasteiger partial charge in [0, 0.05) is 34.4 Å². The smallest absolute Gasteiger partial charge is 0.156 e. The second-order valence-corrected chi connectivity index (χ2v) is 9.91. The van der Waals surface area contributed by atoms with Crippen molar-refractivity contribution in [2.45, 2.75) is 42.1 Å². The Morgan fingerprint density at radius 2 is 2.08 bits per heavy atom. The zero-order valence-corrected chi connectivity index (χ0v) is 17.1. The lowest BCUT2D eigenvalue weighted by atomic mass is 10.2. The van der Waals surface area contributed by atoms with E-state index in [0.717, 1.165) is 65.0 Å². The van der Waals surface area contributed by atoms with Crippen molar-refractivity contribution in [2.75, 3.05) is 26.3 Å². The van der Waals surface area contributed by atoms with Gasteiger partial charge in [-0.1, -0.05) is 0 Å². The molecule has 0 atom stereocenters. The van der Waals surface area contributed by atoms with Gasteiger partial charge in [0.25, 0.3) is 0 Å². The van der Waals surface area contributed by atoms with Crippen LogP contribution >= 0.6 is 34.4 Å². The number of ether oxygens (including phenoxy) is 1. The number of fused-ring (bicyclic) bond motifs is 3. The molecule has 5 nitrogen and oxygen atoms in total. The Bertz CT molecular complexity index is 945. The van der Waals surface area contributed by atoms with E-state index in [1.807, 2.05) is 18.3 Å². The summed E-state index contributed by atoms with van der Waals surface area (Å²) in [6.07, 6.45) is 3.61. The van der Waals surface area contributed by atoms with Crippen LogP contribution in [0.5, 0.6) is 0 Å². The zero-order chi connectivity index (χ0) is 17.5. The normalized spacial score (nSPS) is 17.9. The second kappa shape index (κ2) is 7.16. The van der Waals surface area contributed by atoms with Crippen LogP contribution in [0.3, 0.4) is 0 Å². The predicted molar refractivity (Wildman–Crippen MR) is 107 cm³/mol. The van der Waals surface area contributed by atoms with Gasteiger partial charge in [-0.15, -0.1) is 22.7 Å². The van der Waals surface area contributed by atoms with E-state index >= 15 is 0 Å². The lowest BCUT2D eigenvalue weighted by molar-refractivity contribution is 0.0330. The lowest BCUT2D eigenvalue weighted by Gasteiger charge is -2.25. The summed E-state index contributed by atoms with van der Waals surface area (Å²) in [6, 6.07) is 0. The van der Waals surface area contributed by atoms with E-state index in [0.29, 0.717) is 0 Å². The van der Waals surface area contributed by atoms with E-state index in [1.54, 1.807) is 23.1 Å². The molecule has 0 unspecified atom stereocenters. The van der Waals surface area contributed by atoms with Crippen LogP contribution in [0.15, 0.2) is 14.7 Å². The molecule has 1 aliphatic carbocycles. The van der Waals surface area contributed by atoms with Gasteiger partial charge in [-0.2, -0.15) is 0 Å². The lowest BCUT2D eigenvalue weighted by Crippen LogP contribution is -2.36. The first kappa shape index (κ1) is 17.1. The molecule has 26 heavy (non-hydrogen) atoms. The van der Waals surface area contributed by atoms with Gasteiger partial charge in [-0.25, -0.2) is 15.0 Å². The van der Waals surface area contributed by atoms with Crippen LogP contribution in [-0.4, -0.2) is 46.2 Å². The molecule has 0 radical (unpaired) electrons. The van der Waals surface area contributed by atoms with Gasteiger partial charge in [0.2, 0.25) is 0 Å². The van der Waals surface area contributed by atoms with E-state index in [-0.39, 0.29) is 0 Å². The summed E-state index contributed by atoms with van der Waals surface area (Å²) >= 11 is 5.27. The maximum atomic E-state index is 5.46. The Hall–Kier alpha value is -1.06. The fourth-order valence-electron chi connectivity index (χ4n) is 3.57. The number of thiazole rings is 1. The molecule has 0 spiro atoms. The highest BCUT2D eigenvalue weighted by Crippen LogP contribution is 2.42. The van der Waals surface area contributed by atoms with Crippen molar-refractivity contribution in [3.8, 4) is 0 Å². The minimum absolute atomic E-state index is 0.798. The van der Waals surface area contributed by atoms with Gasteiger partial charge >= 0.3 is 0 Å². The quantitative estimate of drug-likeness (QED) is 0.614. The highest BCUT2D eigenvalue weighted by atomic mass is 32.2. The summed E-state index contributed by atoms with van der Waals surface area (Å²) in [5.74, 6) is 0.926. The minimum Gasteiger partial charge on any atom is -0.379 e. The van der Waals surface area contributed by atoms with Crippen LogP contribution in [0.25, 0.3) is 10.2 Å². The first-order valence-electron chi connectivity index (χ1n) is 8.97. The van der Waals surface area contributed by atoms with Gasteiger partial charge in [0.15, 0.2) is 4.34 Å². The average Bonchev–Trinajstić information content (AvgIpc) is 3.32. The molecule has 1 aliphatic heterocycles. The summed E-state index contributed by atoms with van der Waals surface area (Å²) in [4.78, 5) is 19.6. The highest BCUT2D eigenvalue weighted by Gasteiger charge is 2.24. The maximum Gasteiger partial charge on any atom is 0.156 e. The summed E-state index contributed by atoms with van der Waals surface area (Å²) in [5.41, 5.74) is 2.56. The molecule has 3 aromatic rings. The second-order valence-electron chi connectivity index (χ2n) is 6.73. The molecule has 8 heteroatoms. The van der Waals surface area contributed by atoms with Crippen LogP contribution < -0.4 is 0 Å². The average molecular weight is 405 g/mol. The van der Waals surface area contributed by atoms with E-state index in [4.69, 9.17) is 14.7 Å². The van der Waals surface area contributed by atoms with E-state index in [1.165, 1.54) is 28.7 Å². The molecule has 0 N–H and O–H groups in total. The molecule has 5 rings (SSSR count). The number of nitrogens with zero attached hydrogens (tertiary/aromatic N) is 4. The van der Waals surface area contributed by atoms with Gasteiger partial charge in [-0.05, 0) is 43.5 Å². The molecule has 2 aliphatic rings. The van der Waals surface area contributed by atoms with Gasteiger partial charge in [0.1, 0.15) is 15.7 Å². The first-order valence-corrected chi connectivity index (χ1v) is 11.5. The molecule has 0 amide bonds. The Kier molecular flexibility index (Phi) is 4.70. The molecule has 0 saturated carbocycles. The summed E-state index contributed by atoms with van der Waals surface area (Å²) in [6.45, 7) is 6.35. The number of morpholine rings is 1. The number of hydrogen-bond acceptors (Lipinski definition) is 8. The Balaban J connectivity index is 1.54. The SMILES string of the molecule is Cc1csc(Sc2nc(CN3CCOCC3)nc3sc4c(c23)CCC4)n1. The van der Waals surface area contributed by atoms with Crippen molar-refractivity contribution in [1.82, 2.24) is 19.9 Å². The fourth-order valence-corrected chi connectivity index (χ4v) is 6.84. The molecular formula is C18H20N4OS3. The van der Waals surface area contributed by atoms with Crippen molar-refractivity contribution in [3.05, 3.63) is 27.3 Å². The molecule has 1 saturated heterocycles. The molecule has 3 aromatic heterocycles. The number of hydrogen-bond donors (Lipinski definition) is 0. The molecular weight excluding hydrogens is 384 g/mol. The summed E-state index contributed by atoms with van der Waals surface area (Å²) < 4.78 is 6.53. The Morgan fingerprint density at radius 1 is 1.19 bits per heavy atom. The molecule has 136 valence electrons. The van der Waals surface area contributed by atoms with E-state index in [9.17, 15) is 0 Å². The Morgan fingerprint density at radius 3 is 2.88 bits per heavy atom. The third-order valence-corrected chi connectivity index (χ3v) is 8.06. The minimum atomic E-state index is 0.798. The summed E-state index contributed by atoms with van der Waals surface area (Å²) in [7, 11) is 0. The van der Waals surface area contributed by atoms with E-state index < -0.39 is 0 Å². The topological polar surface area (TPSA) is 51.1 Å². The number of aryl methyl sites for hydroxylation is 3. The highest BCUT2D eigenvalue weighted by molar-refractivity contribution is 8.01. The van der Waals surface area contributed by atoms with Crippen LogP contribution in [0.1, 0.15) is 28.4 Å². The predicted octanol–water partition coefficient (Wildman–Crippen LogP) is 3.93.